The third-order valence-electron chi connectivity index (χ3n) is 3.29. The molecule has 0 spiro atoms. The second-order valence-corrected chi connectivity index (χ2v) is 8.64. The maximum absolute atomic E-state index is 12.1. The largest absolute Gasteiger partial charge is 0.465 e. The standard InChI is InChI=1S/C12H17N3O6S2/c1-21-12(16)10-3-4-13-11(9-10)23(19,20)14-5-7-15-6-2-8-22(15,17)18/h3-4,9,14H,2,5-8H2,1H3. The van der Waals surface area contributed by atoms with E-state index < -0.39 is 26.0 Å². The second kappa shape index (κ2) is 6.91. The van der Waals surface area contributed by atoms with Crippen molar-refractivity contribution >= 4 is 26.0 Å². The Hall–Kier alpha value is -1.56. The number of carbonyl (C=O) groups excluding carboxylic acids is 1. The molecule has 2 rings (SSSR count). The Morgan fingerprint density at radius 1 is 1.48 bits per heavy atom. The summed E-state index contributed by atoms with van der Waals surface area (Å²) in [4.78, 5) is 15.1. The molecule has 0 amide bonds. The highest BCUT2D eigenvalue weighted by Crippen LogP contribution is 2.13. The topological polar surface area (TPSA) is 123 Å². The van der Waals surface area contributed by atoms with Crippen LogP contribution in [0.2, 0.25) is 0 Å². The van der Waals surface area contributed by atoms with Crippen LogP contribution in [-0.4, -0.2) is 64.6 Å². The summed E-state index contributed by atoms with van der Waals surface area (Å²) in [5.74, 6) is -0.588. The first-order valence-electron chi connectivity index (χ1n) is 6.78. The van der Waals surface area contributed by atoms with E-state index in [2.05, 4.69) is 14.4 Å². The van der Waals surface area contributed by atoms with Crippen LogP contribution in [0, 0.1) is 0 Å². The monoisotopic (exact) mass is 363 g/mol. The number of methoxy groups -OCH3 is 1. The number of ether oxygens (including phenoxy) is 1. The van der Waals surface area contributed by atoms with Crippen molar-refractivity contribution in [2.75, 3.05) is 32.5 Å². The summed E-state index contributed by atoms with van der Waals surface area (Å²) in [6.07, 6.45) is 1.73. The van der Waals surface area contributed by atoms with Crippen LogP contribution >= 0.6 is 0 Å². The molecule has 1 fully saturated rings. The van der Waals surface area contributed by atoms with E-state index in [1.54, 1.807) is 0 Å². The number of sulfonamides is 2. The Labute approximate surface area is 134 Å². The van der Waals surface area contributed by atoms with Crippen molar-refractivity contribution in [2.45, 2.75) is 11.4 Å². The van der Waals surface area contributed by atoms with Gasteiger partial charge in [0.25, 0.3) is 10.0 Å². The Morgan fingerprint density at radius 2 is 2.22 bits per heavy atom. The minimum atomic E-state index is -3.94. The Kier molecular flexibility index (Phi) is 5.34. The van der Waals surface area contributed by atoms with Gasteiger partial charge in [0, 0.05) is 25.8 Å². The predicted molar refractivity (Wildman–Crippen MR) is 80.7 cm³/mol. The number of rotatable bonds is 6. The van der Waals surface area contributed by atoms with Crippen molar-refractivity contribution in [1.82, 2.24) is 14.0 Å². The van der Waals surface area contributed by atoms with Gasteiger partial charge in [-0.05, 0) is 18.6 Å². The van der Waals surface area contributed by atoms with Gasteiger partial charge in [-0.1, -0.05) is 0 Å². The second-order valence-electron chi connectivity index (χ2n) is 4.84. The average molecular weight is 363 g/mol. The van der Waals surface area contributed by atoms with E-state index in [0.717, 1.165) is 6.07 Å². The number of hydrogen-bond donors (Lipinski definition) is 1. The summed E-state index contributed by atoms with van der Waals surface area (Å²) >= 11 is 0. The Morgan fingerprint density at radius 3 is 2.83 bits per heavy atom. The average Bonchev–Trinajstić information content (AvgIpc) is 2.85. The van der Waals surface area contributed by atoms with Gasteiger partial charge < -0.3 is 4.74 Å². The molecule has 0 aromatic carbocycles. The lowest BCUT2D eigenvalue weighted by Crippen LogP contribution is -2.36. The predicted octanol–water partition coefficient (Wildman–Crippen LogP) is -0.818. The van der Waals surface area contributed by atoms with Crippen LogP contribution in [0.4, 0.5) is 0 Å². The zero-order valence-electron chi connectivity index (χ0n) is 12.4. The smallest absolute Gasteiger partial charge is 0.338 e. The first-order chi connectivity index (χ1) is 10.8. The zero-order chi connectivity index (χ0) is 17.1. The van der Waals surface area contributed by atoms with Crippen LogP contribution in [-0.2, 0) is 24.8 Å². The molecule has 0 saturated carbocycles. The van der Waals surface area contributed by atoms with Crippen LogP contribution < -0.4 is 4.72 Å². The normalized spacial score (nSPS) is 18.0. The number of esters is 1. The summed E-state index contributed by atoms with van der Waals surface area (Å²) in [6.45, 7) is 0.365. The lowest BCUT2D eigenvalue weighted by molar-refractivity contribution is 0.0600. The van der Waals surface area contributed by atoms with Gasteiger partial charge in [0.15, 0.2) is 5.03 Å². The van der Waals surface area contributed by atoms with Gasteiger partial charge in [-0.25, -0.2) is 35.6 Å². The van der Waals surface area contributed by atoms with Crippen LogP contribution in [0.3, 0.4) is 0 Å². The van der Waals surface area contributed by atoms with E-state index in [9.17, 15) is 21.6 Å². The molecular formula is C12H17N3O6S2. The van der Waals surface area contributed by atoms with Crippen LogP contribution in [0.15, 0.2) is 23.4 Å². The number of aromatic nitrogens is 1. The van der Waals surface area contributed by atoms with Crippen molar-refractivity contribution in [3.05, 3.63) is 23.9 Å². The van der Waals surface area contributed by atoms with Gasteiger partial charge >= 0.3 is 5.97 Å². The molecule has 11 heteroatoms. The van der Waals surface area contributed by atoms with E-state index in [1.165, 1.54) is 23.7 Å². The third-order valence-corrected chi connectivity index (χ3v) is 6.60. The fourth-order valence-electron chi connectivity index (χ4n) is 2.12. The summed E-state index contributed by atoms with van der Waals surface area (Å²) in [5, 5.41) is -0.329. The highest BCUT2D eigenvalue weighted by atomic mass is 32.2. The van der Waals surface area contributed by atoms with Gasteiger partial charge in [0.05, 0.1) is 18.4 Å². The third kappa shape index (κ3) is 4.25. The fraction of sp³-hybridized carbons (Fsp3) is 0.500. The number of hydrogen-bond acceptors (Lipinski definition) is 7. The quantitative estimate of drug-likeness (QED) is 0.655. The van der Waals surface area contributed by atoms with Gasteiger partial charge in [-0.2, -0.15) is 0 Å². The van der Waals surface area contributed by atoms with Crippen LogP contribution in [0.25, 0.3) is 0 Å². The van der Waals surface area contributed by atoms with E-state index in [4.69, 9.17) is 0 Å². The number of nitrogens with one attached hydrogen (secondary N) is 1. The molecule has 1 saturated heterocycles. The van der Waals surface area contributed by atoms with Crippen molar-refractivity contribution < 1.29 is 26.4 Å². The van der Waals surface area contributed by atoms with Crippen LogP contribution in [0.5, 0.6) is 0 Å². The molecule has 0 atom stereocenters. The maximum atomic E-state index is 12.1. The highest BCUT2D eigenvalue weighted by Gasteiger charge is 2.28. The molecule has 0 bridgehead atoms. The van der Waals surface area contributed by atoms with Gasteiger partial charge in [-0.3, -0.25) is 0 Å². The van der Waals surface area contributed by atoms with Crippen LogP contribution in [0.1, 0.15) is 16.8 Å². The molecule has 1 aliphatic heterocycles. The summed E-state index contributed by atoms with van der Waals surface area (Å²) < 4.78 is 55.6. The van der Waals surface area contributed by atoms with E-state index in [-0.39, 0.29) is 29.4 Å². The maximum Gasteiger partial charge on any atom is 0.338 e. The Balaban J connectivity index is 2.03. The summed E-state index contributed by atoms with van der Waals surface area (Å²) in [5.41, 5.74) is 0.0602. The molecule has 2 heterocycles. The molecule has 0 unspecified atom stereocenters. The molecule has 0 radical (unpaired) electrons. The number of nitrogens with zero attached hydrogens (tertiary/aromatic N) is 2. The highest BCUT2D eigenvalue weighted by molar-refractivity contribution is 7.89. The van der Waals surface area contributed by atoms with E-state index >= 15 is 0 Å². The SMILES string of the molecule is COC(=O)c1ccnc(S(=O)(=O)NCCN2CCCS2(=O)=O)c1. The first kappa shape index (κ1) is 17.8. The van der Waals surface area contributed by atoms with Crippen molar-refractivity contribution in [2.24, 2.45) is 0 Å². The number of pyridine rings is 1. The minimum absolute atomic E-state index is 0.0538. The Bertz CT molecular complexity index is 791. The summed E-state index contributed by atoms with van der Waals surface area (Å²) in [6, 6.07) is 2.43. The van der Waals surface area contributed by atoms with Gasteiger partial charge in [0.2, 0.25) is 10.0 Å². The molecule has 9 nitrogen and oxygen atoms in total. The molecule has 1 N–H and O–H groups in total. The molecule has 128 valence electrons. The molecule has 1 aromatic heterocycles. The lowest BCUT2D eigenvalue weighted by Gasteiger charge is -2.14. The minimum Gasteiger partial charge on any atom is -0.465 e. The van der Waals surface area contributed by atoms with Crippen molar-refractivity contribution in [3.8, 4) is 0 Å². The van der Waals surface area contributed by atoms with Crippen molar-refractivity contribution in [1.29, 1.82) is 0 Å². The van der Waals surface area contributed by atoms with Crippen molar-refractivity contribution in [3.63, 3.8) is 0 Å². The van der Waals surface area contributed by atoms with E-state index in [0.29, 0.717) is 13.0 Å². The van der Waals surface area contributed by atoms with Gasteiger partial charge in [-0.15, -0.1) is 0 Å². The van der Waals surface area contributed by atoms with E-state index in [1.807, 2.05) is 0 Å². The lowest BCUT2D eigenvalue weighted by atomic mass is 10.3. The zero-order valence-corrected chi connectivity index (χ0v) is 14.1. The van der Waals surface area contributed by atoms with Gasteiger partial charge in [0.1, 0.15) is 0 Å². The molecule has 0 aliphatic carbocycles. The molecule has 23 heavy (non-hydrogen) atoms. The molecule has 1 aliphatic rings. The first-order valence-corrected chi connectivity index (χ1v) is 9.87. The fourth-order valence-corrected chi connectivity index (χ4v) is 4.64. The summed E-state index contributed by atoms with van der Waals surface area (Å²) in [7, 11) is -6.03. The molecule has 1 aromatic rings. The number of carbonyl (C=O) groups is 1. The molecular weight excluding hydrogens is 346 g/mol.